The number of hydrogen-bond donors (Lipinski definition) is 2. The third kappa shape index (κ3) is 3.86. The van der Waals surface area contributed by atoms with E-state index in [-0.39, 0.29) is 17.8 Å². The lowest BCUT2D eigenvalue weighted by atomic mass is 10.0. The van der Waals surface area contributed by atoms with Gasteiger partial charge in [-0.1, -0.05) is 30.3 Å². The summed E-state index contributed by atoms with van der Waals surface area (Å²) in [7, 11) is 0. The molecule has 1 aliphatic rings. The third-order valence-corrected chi connectivity index (χ3v) is 5.19. The molecule has 1 aliphatic heterocycles. The summed E-state index contributed by atoms with van der Waals surface area (Å²) in [6.07, 6.45) is 0. The summed E-state index contributed by atoms with van der Waals surface area (Å²) in [5.41, 5.74) is 8.51. The normalized spacial score (nSPS) is 17.2. The smallest absolute Gasteiger partial charge is 0.239 e. The van der Waals surface area contributed by atoms with E-state index in [0.29, 0.717) is 0 Å². The number of nitrogens with one attached hydrogen (secondary N) is 1. The van der Waals surface area contributed by atoms with Crippen LogP contribution < -0.4 is 5.73 Å². The molecule has 4 rings (SSSR count). The summed E-state index contributed by atoms with van der Waals surface area (Å²) in [4.78, 5) is 19.8. The van der Waals surface area contributed by atoms with Gasteiger partial charge in [-0.15, -0.1) is 0 Å². The number of carbonyl (C=O) groups is 1. The van der Waals surface area contributed by atoms with E-state index in [1.807, 2.05) is 30.3 Å². The highest BCUT2D eigenvalue weighted by Crippen LogP contribution is 2.23. The molecule has 0 spiro atoms. The number of H-pyrrole nitrogens is 1. The van der Waals surface area contributed by atoms with Crippen molar-refractivity contribution in [2.45, 2.75) is 12.6 Å². The van der Waals surface area contributed by atoms with Crippen LogP contribution in [-0.2, 0) is 11.3 Å². The fourth-order valence-electron chi connectivity index (χ4n) is 3.86. The van der Waals surface area contributed by atoms with E-state index in [0.717, 1.165) is 54.9 Å². The van der Waals surface area contributed by atoms with Gasteiger partial charge in [0.2, 0.25) is 5.91 Å². The van der Waals surface area contributed by atoms with E-state index in [1.165, 1.54) is 12.1 Å². The number of nitrogens with two attached hydrogens (primary N) is 1. The Bertz CT molecular complexity index is 932. The minimum Gasteiger partial charge on any atom is -0.368 e. The number of nitrogens with zero attached hydrogens (tertiary/aromatic N) is 2. The van der Waals surface area contributed by atoms with Crippen molar-refractivity contribution in [1.29, 1.82) is 0 Å². The number of aromatic amines is 1. The van der Waals surface area contributed by atoms with Crippen LogP contribution in [0.5, 0.6) is 0 Å². The maximum atomic E-state index is 13.4. The molecule has 2 aromatic carbocycles. The lowest BCUT2D eigenvalue weighted by Gasteiger charge is -2.38. The van der Waals surface area contributed by atoms with E-state index in [2.05, 4.69) is 20.9 Å². The van der Waals surface area contributed by atoms with Crippen LogP contribution >= 0.6 is 0 Å². The van der Waals surface area contributed by atoms with Crippen molar-refractivity contribution in [2.75, 3.05) is 26.2 Å². The summed E-state index contributed by atoms with van der Waals surface area (Å²) in [6, 6.07) is 16.2. The zero-order valence-electron chi connectivity index (χ0n) is 15.1. The molecule has 5 nitrogen and oxygen atoms in total. The summed E-state index contributed by atoms with van der Waals surface area (Å²) >= 11 is 0. The highest BCUT2D eigenvalue weighted by molar-refractivity contribution is 5.81. The Balaban J connectivity index is 1.41. The van der Waals surface area contributed by atoms with Gasteiger partial charge in [0.25, 0.3) is 0 Å². The fraction of sp³-hybridized carbons (Fsp3) is 0.286. The molecule has 3 aromatic rings. The highest BCUT2D eigenvalue weighted by atomic mass is 19.1. The fourth-order valence-corrected chi connectivity index (χ4v) is 3.86. The van der Waals surface area contributed by atoms with Gasteiger partial charge >= 0.3 is 0 Å². The number of amides is 1. The molecule has 2 heterocycles. The Hall–Kier alpha value is -2.70. The van der Waals surface area contributed by atoms with Crippen molar-refractivity contribution >= 4 is 16.8 Å². The second-order valence-electron chi connectivity index (χ2n) is 7.05. The summed E-state index contributed by atoms with van der Waals surface area (Å²) in [5, 5.41) is 1.02. The lowest BCUT2D eigenvalue weighted by Crippen LogP contribution is -2.50. The number of fused-ring (bicyclic) bond motifs is 1. The van der Waals surface area contributed by atoms with Gasteiger partial charge in [-0.05, 0) is 35.2 Å². The molecule has 0 saturated carbocycles. The van der Waals surface area contributed by atoms with Crippen LogP contribution in [0.25, 0.3) is 10.9 Å². The molecule has 1 saturated heterocycles. The van der Waals surface area contributed by atoms with Crippen molar-refractivity contribution in [1.82, 2.24) is 14.8 Å². The number of piperazine rings is 1. The molecule has 0 radical (unpaired) electrons. The van der Waals surface area contributed by atoms with Crippen molar-refractivity contribution < 1.29 is 9.18 Å². The Morgan fingerprint density at radius 3 is 2.52 bits per heavy atom. The molecule has 1 atom stereocenters. The van der Waals surface area contributed by atoms with Crippen molar-refractivity contribution in [3.05, 3.63) is 71.7 Å². The standard InChI is InChI=1S/C21H23FN4O/c22-17-7-6-16-12-18(24-19(16)13-17)14-25-8-10-26(11-9-25)20(21(23)27)15-4-2-1-3-5-15/h1-7,12-13,20,24H,8-11,14H2,(H2,23,27). The summed E-state index contributed by atoms with van der Waals surface area (Å²) in [6.45, 7) is 4.02. The molecule has 3 N–H and O–H groups in total. The van der Waals surface area contributed by atoms with Gasteiger partial charge in [-0.3, -0.25) is 14.6 Å². The largest absolute Gasteiger partial charge is 0.368 e. The molecule has 0 bridgehead atoms. The van der Waals surface area contributed by atoms with Gasteiger partial charge in [0.1, 0.15) is 11.9 Å². The van der Waals surface area contributed by atoms with Gasteiger partial charge < -0.3 is 10.7 Å². The molecule has 1 fully saturated rings. The van der Waals surface area contributed by atoms with Crippen molar-refractivity contribution in [3.63, 3.8) is 0 Å². The quantitative estimate of drug-likeness (QED) is 0.730. The predicted octanol–water partition coefficient (Wildman–Crippen LogP) is 2.65. The van der Waals surface area contributed by atoms with Gasteiger partial charge in [0, 0.05) is 43.9 Å². The maximum Gasteiger partial charge on any atom is 0.239 e. The molecule has 1 amide bonds. The van der Waals surface area contributed by atoms with Crippen LogP contribution in [0.15, 0.2) is 54.6 Å². The number of carbonyl (C=O) groups excluding carboxylic acids is 1. The SMILES string of the molecule is NC(=O)C(c1ccccc1)N1CCN(Cc2cc3ccc(F)cc3[nH]2)CC1. The molecular formula is C21H23FN4O. The minimum atomic E-state index is -0.385. The first-order valence-corrected chi connectivity index (χ1v) is 9.18. The Labute approximate surface area is 157 Å². The lowest BCUT2D eigenvalue weighted by molar-refractivity contribution is -0.124. The second-order valence-corrected chi connectivity index (χ2v) is 7.05. The zero-order valence-corrected chi connectivity index (χ0v) is 15.1. The molecule has 1 aromatic heterocycles. The summed E-state index contributed by atoms with van der Waals surface area (Å²) < 4.78 is 13.4. The number of aromatic nitrogens is 1. The van der Waals surface area contributed by atoms with E-state index < -0.39 is 0 Å². The third-order valence-electron chi connectivity index (χ3n) is 5.19. The van der Waals surface area contributed by atoms with E-state index in [9.17, 15) is 9.18 Å². The van der Waals surface area contributed by atoms with Crippen molar-refractivity contribution in [2.24, 2.45) is 5.73 Å². The number of benzene rings is 2. The summed E-state index contributed by atoms with van der Waals surface area (Å²) in [5.74, 6) is -0.546. The van der Waals surface area contributed by atoms with Crippen LogP contribution in [0.2, 0.25) is 0 Å². The highest BCUT2D eigenvalue weighted by Gasteiger charge is 2.28. The first kappa shape index (κ1) is 17.7. The van der Waals surface area contributed by atoms with Crippen molar-refractivity contribution in [3.8, 4) is 0 Å². The molecule has 1 unspecified atom stereocenters. The van der Waals surface area contributed by atoms with E-state index in [1.54, 1.807) is 6.07 Å². The van der Waals surface area contributed by atoms with Crippen LogP contribution in [0.1, 0.15) is 17.3 Å². The number of hydrogen-bond acceptors (Lipinski definition) is 3. The average molecular weight is 366 g/mol. The molecule has 0 aliphatic carbocycles. The number of halogens is 1. The Morgan fingerprint density at radius 2 is 1.81 bits per heavy atom. The first-order chi connectivity index (χ1) is 13.1. The van der Waals surface area contributed by atoms with Gasteiger partial charge in [-0.25, -0.2) is 4.39 Å². The van der Waals surface area contributed by atoms with Crippen LogP contribution in [0, 0.1) is 5.82 Å². The molecule has 27 heavy (non-hydrogen) atoms. The van der Waals surface area contributed by atoms with Crippen LogP contribution in [-0.4, -0.2) is 46.9 Å². The van der Waals surface area contributed by atoms with E-state index >= 15 is 0 Å². The van der Waals surface area contributed by atoms with Crippen LogP contribution in [0.4, 0.5) is 4.39 Å². The minimum absolute atomic E-state index is 0.233. The average Bonchev–Trinajstić information content (AvgIpc) is 3.05. The molecule has 6 heteroatoms. The Kier molecular flexibility index (Phi) is 4.92. The number of rotatable bonds is 5. The monoisotopic (exact) mass is 366 g/mol. The topological polar surface area (TPSA) is 65.4 Å². The second kappa shape index (κ2) is 7.50. The van der Waals surface area contributed by atoms with Crippen LogP contribution in [0.3, 0.4) is 0 Å². The zero-order chi connectivity index (χ0) is 18.8. The molecular weight excluding hydrogens is 343 g/mol. The van der Waals surface area contributed by atoms with Gasteiger partial charge in [0.15, 0.2) is 0 Å². The molecule has 140 valence electrons. The first-order valence-electron chi connectivity index (χ1n) is 9.18. The van der Waals surface area contributed by atoms with E-state index in [4.69, 9.17) is 5.73 Å². The van der Waals surface area contributed by atoms with Gasteiger partial charge in [-0.2, -0.15) is 0 Å². The van der Waals surface area contributed by atoms with Gasteiger partial charge in [0.05, 0.1) is 0 Å². The Morgan fingerprint density at radius 1 is 1.07 bits per heavy atom. The maximum absolute atomic E-state index is 13.4. The number of primary amides is 1. The predicted molar refractivity (Wildman–Crippen MR) is 103 cm³/mol.